The Labute approximate surface area is 114 Å². The average molecular weight is 279 g/mol. The lowest BCUT2D eigenvalue weighted by molar-refractivity contribution is -0.396. The molecule has 0 aliphatic heterocycles. The monoisotopic (exact) mass is 279 g/mol. The van der Waals surface area contributed by atoms with Gasteiger partial charge in [-0.05, 0) is 19.1 Å². The maximum absolute atomic E-state index is 11.5. The second-order valence-corrected chi connectivity index (χ2v) is 5.01. The fraction of sp³-hybridized carbons (Fsp3) is 0.250. The minimum Gasteiger partial charge on any atom is -0.497 e. The Morgan fingerprint density at radius 3 is 2.95 bits per heavy atom. The van der Waals surface area contributed by atoms with Gasteiger partial charge in [0.2, 0.25) is 5.13 Å². The Balaban J connectivity index is 2.18. The standard InChI is InChI=1S/C12H14N4O2S/c1-7(13)10(17)14-12-16-15-11(19-12)8-4-3-5-9(6-8)18-2/h3-7H,13H2,1-2H3,(H,14,16,17)/p+1/t7-/m1/s1. The summed E-state index contributed by atoms with van der Waals surface area (Å²) in [5.41, 5.74) is 4.55. The first-order valence-electron chi connectivity index (χ1n) is 5.72. The molecule has 19 heavy (non-hydrogen) atoms. The highest BCUT2D eigenvalue weighted by Crippen LogP contribution is 2.28. The maximum atomic E-state index is 11.5. The molecule has 0 unspecified atom stereocenters. The highest BCUT2D eigenvalue weighted by molar-refractivity contribution is 7.18. The van der Waals surface area contributed by atoms with Crippen LogP contribution in [0.2, 0.25) is 0 Å². The van der Waals surface area contributed by atoms with Gasteiger partial charge in [-0.2, -0.15) is 0 Å². The Morgan fingerprint density at radius 2 is 2.26 bits per heavy atom. The summed E-state index contributed by atoms with van der Waals surface area (Å²) in [5, 5.41) is 11.9. The van der Waals surface area contributed by atoms with E-state index in [4.69, 9.17) is 4.74 Å². The third-order valence-electron chi connectivity index (χ3n) is 2.42. The highest BCUT2D eigenvalue weighted by atomic mass is 32.1. The van der Waals surface area contributed by atoms with Crippen LogP contribution in [0.25, 0.3) is 10.6 Å². The third-order valence-corrected chi connectivity index (χ3v) is 3.31. The Bertz CT molecular complexity index is 583. The van der Waals surface area contributed by atoms with Gasteiger partial charge in [-0.3, -0.25) is 10.1 Å². The van der Waals surface area contributed by atoms with Crippen LogP contribution < -0.4 is 15.8 Å². The van der Waals surface area contributed by atoms with Crippen molar-refractivity contribution in [1.82, 2.24) is 10.2 Å². The number of hydrogen-bond acceptors (Lipinski definition) is 5. The van der Waals surface area contributed by atoms with E-state index in [1.54, 1.807) is 14.0 Å². The topological polar surface area (TPSA) is 91.8 Å². The molecule has 1 heterocycles. The predicted octanol–water partition coefficient (Wildman–Crippen LogP) is 0.783. The van der Waals surface area contributed by atoms with Gasteiger partial charge in [0, 0.05) is 5.56 Å². The molecule has 1 aromatic carbocycles. The normalized spacial score (nSPS) is 11.9. The smallest absolute Gasteiger partial charge is 0.284 e. The summed E-state index contributed by atoms with van der Waals surface area (Å²) in [6, 6.07) is 7.20. The molecule has 0 bridgehead atoms. The molecule has 1 aromatic heterocycles. The van der Waals surface area contributed by atoms with Gasteiger partial charge in [0.25, 0.3) is 5.91 Å². The summed E-state index contributed by atoms with van der Waals surface area (Å²) in [7, 11) is 1.61. The molecule has 0 aliphatic carbocycles. The van der Waals surface area contributed by atoms with Gasteiger partial charge >= 0.3 is 0 Å². The first kappa shape index (κ1) is 13.4. The number of quaternary nitrogens is 1. The molecule has 2 rings (SSSR count). The Morgan fingerprint density at radius 1 is 1.47 bits per heavy atom. The lowest BCUT2D eigenvalue weighted by atomic mass is 10.2. The summed E-state index contributed by atoms with van der Waals surface area (Å²) in [5.74, 6) is 0.581. The summed E-state index contributed by atoms with van der Waals surface area (Å²) < 4.78 is 5.16. The van der Waals surface area contributed by atoms with Crippen molar-refractivity contribution >= 4 is 22.4 Å². The molecule has 0 spiro atoms. The first-order valence-corrected chi connectivity index (χ1v) is 6.53. The molecular weight excluding hydrogens is 264 g/mol. The number of carbonyl (C=O) groups is 1. The van der Waals surface area contributed by atoms with E-state index < -0.39 is 0 Å². The Kier molecular flexibility index (Phi) is 4.08. The maximum Gasteiger partial charge on any atom is 0.284 e. The van der Waals surface area contributed by atoms with Gasteiger partial charge in [-0.1, -0.05) is 23.5 Å². The largest absolute Gasteiger partial charge is 0.497 e. The van der Waals surface area contributed by atoms with Gasteiger partial charge in [-0.25, -0.2) is 0 Å². The van der Waals surface area contributed by atoms with Crippen molar-refractivity contribution in [3.05, 3.63) is 24.3 Å². The number of benzene rings is 1. The zero-order chi connectivity index (χ0) is 13.8. The van der Waals surface area contributed by atoms with Gasteiger partial charge in [0.1, 0.15) is 10.8 Å². The number of anilines is 1. The van der Waals surface area contributed by atoms with Crippen molar-refractivity contribution in [2.75, 3.05) is 12.4 Å². The molecule has 2 aromatic rings. The first-order chi connectivity index (χ1) is 9.10. The predicted molar refractivity (Wildman–Crippen MR) is 72.9 cm³/mol. The lowest BCUT2D eigenvalue weighted by Crippen LogP contribution is -2.64. The number of nitrogens with zero attached hydrogens (tertiary/aromatic N) is 2. The van der Waals surface area contributed by atoms with Gasteiger partial charge < -0.3 is 10.5 Å². The zero-order valence-electron chi connectivity index (χ0n) is 10.7. The molecule has 0 saturated heterocycles. The van der Waals surface area contributed by atoms with E-state index in [1.165, 1.54) is 11.3 Å². The SMILES string of the molecule is COc1cccc(-c2nnc(NC(=O)[C@@H](C)[NH3+])s2)c1. The van der Waals surface area contributed by atoms with E-state index >= 15 is 0 Å². The van der Waals surface area contributed by atoms with E-state index in [0.717, 1.165) is 16.3 Å². The van der Waals surface area contributed by atoms with E-state index in [0.29, 0.717) is 5.13 Å². The molecule has 1 amide bonds. The van der Waals surface area contributed by atoms with E-state index in [1.807, 2.05) is 24.3 Å². The van der Waals surface area contributed by atoms with Crippen LogP contribution in [0.1, 0.15) is 6.92 Å². The number of carbonyl (C=O) groups excluding carboxylic acids is 1. The van der Waals surface area contributed by atoms with Crippen molar-refractivity contribution in [2.24, 2.45) is 0 Å². The van der Waals surface area contributed by atoms with Crippen LogP contribution in [-0.4, -0.2) is 29.3 Å². The fourth-order valence-electron chi connectivity index (χ4n) is 1.38. The molecule has 0 saturated carbocycles. The number of ether oxygens (including phenoxy) is 1. The minimum atomic E-state index is -0.329. The summed E-state index contributed by atoms with van der Waals surface area (Å²) >= 11 is 1.31. The van der Waals surface area contributed by atoms with Gasteiger partial charge in [0.05, 0.1) is 7.11 Å². The van der Waals surface area contributed by atoms with Gasteiger partial charge in [-0.15, -0.1) is 10.2 Å². The number of rotatable bonds is 4. The van der Waals surface area contributed by atoms with Crippen LogP contribution in [0.5, 0.6) is 5.75 Å². The summed E-state index contributed by atoms with van der Waals surface area (Å²) in [6.45, 7) is 1.72. The number of amides is 1. The number of aromatic nitrogens is 2. The van der Waals surface area contributed by atoms with Crippen LogP contribution in [0, 0.1) is 0 Å². The average Bonchev–Trinajstić information content (AvgIpc) is 2.87. The van der Waals surface area contributed by atoms with Crippen molar-refractivity contribution in [1.29, 1.82) is 0 Å². The van der Waals surface area contributed by atoms with Crippen molar-refractivity contribution in [3.8, 4) is 16.3 Å². The molecule has 0 radical (unpaired) electrons. The van der Waals surface area contributed by atoms with Crippen LogP contribution in [0.15, 0.2) is 24.3 Å². The molecule has 0 fully saturated rings. The summed E-state index contributed by atoms with van der Waals surface area (Å²) in [6.07, 6.45) is 0. The molecule has 100 valence electrons. The Hall–Kier alpha value is -1.99. The number of hydrogen-bond donors (Lipinski definition) is 2. The molecular formula is C12H15N4O2S+. The molecule has 0 aliphatic rings. The van der Waals surface area contributed by atoms with Crippen LogP contribution >= 0.6 is 11.3 Å². The third kappa shape index (κ3) is 3.27. The quantitative estimate of drug-likeness (QED) is 0.865. The van der Waals surface area contributed by atoms with Crippen LogP contribution in [0.4, 0.5) is 5.13 Å². The van der Waals surface area contributed by atoms with Crippen LogP contribution in [0.3, 0.4) is 0 Å². The molecule has 4 N–H and O–H groups in total. The van der Waals surface area contributed by atoms with Crippen LogP contribution in [-0.2, 0) is 4.79 Å². The minimum absolute atomic E-state index is 0.173. The number of methoxy groups -OCH3 is 1. The van der Waals surface area contributed by atoms with Crippen molar-refractivity contribution in [3.63, 3.8) is 0 Å². The number of nitrogens with one attached hydrogen (secondary N) is 1. The van der Waals surface area contributed by atoms with E-state index in [-0.39, 0.29) is 11.9 Å². The second kappa shape index (κ2) is 5.77. The second-order valence-electron chi connectivity index (χ2n) is 4.03. The summed E-state index contributed by atoms with van der Waals surface area (Å²) in [4.78, 5) is 11.5. The van der Waals surface area contributed by atoms with E-state index in [2.05, 4.69) is 21.2 Å². The van der Waals surface area contributed by atoms with Crippen molar-refractivity contribution in [2.45, 2.75) is 13.0 Å². The highest BCUT2D eigenvalue weighted by Gasteiger charge is 2.14. The van der Waals surface area contributed by atoms with Crippen molar-refractivity contribution < 1.29 is 15.3 Å². The molecule has 1 atom stereocenters. The molecule has 7 heteroatoms. The zero-order valence-corrected chi connectivity index (χ0v) is 11.5. The lowest BCUT2D eigenvalue weighted by Gasteiger charge is -2.01. The van der Waals surface area contributed by atoms with E-state index in [9.17, 15) is 4.79 Å². The van der Waals surface area contributed by atoms with Gasteiger partial charge in [0.15, 0.2) is 6.04 Å². The molecule has 6 nitrogen and oxygen atoms in total. The fourth-order valence-corrected chi connectivity index (χ4v) is 2.12.